The molecule has 0 fully saturated rings. The number of benzene rings is 1. The lowest BCUT2D eigenvalue weighted by molar-refractivity contribution is 0.0467. The highest BCUT2D eigenvalue weighted by molar-refractivity contribution is 9.10. The van der Waals surface area contributed by atoms with Crippen LogP contribution in [0.25, 0.3) is 11.3 Å². The van der Waals surface area contributed by atoms with Gasteiger partial charge in [0, 0.05) is 21.3 Å². The second kappa shape index (κ2) is 7.93. The van der Waals surface area contributed by atoms with Gasteiger partial charge in [0.25, 0.3) is 0 Å². The van der Waals surface area contributed by atoms with Gasteiger partial charge in [0.15, 0.2) is 12.4 Å². The molecule has 28 heavy (non-hydrogen) atoms. The summed E-state index contributed by atoms with van der Waals surface area (Å²) in [5.41, 5.74) is 3.52. The molecule has 7 nitrogen and oxygen atoms in total. The highest BCUT2D eigenvalue weighted by atomic mass is 79.9. The molecule has 2 N–H and O–H groups in total. The molecule has 0 saturated carbocycles. The van der Waals surface area contributed by atoms with E-state index in [2.05, 4.69) is 31.1 Å². The first-order valence-electron chi connectivity index (χ1n) is 8.49. The van der Waals surface area contributed by atoms with Crippen molar-refractivity contribution < 1.29 is 19.1 Å². The molecule has 0 radical (unpaired) electrons. The van der Waals surface area contributed by atoms with E-state index < -0.39 is 18.4 Å². The highest BCUT2D eigenvalue weighted by Gasteiger charge is 2.21. The normalized spacial score (nSPS) is 10.7. The van der Waals surface area contributed by atoms with Gasteiger partial charge in [-0.3, -0.25) is 14.7 Å². The molecule has 2 heterocycles. The minimum absolute atomic E-state index is 0.125. The highest BCUT2D eigenvalue weighted by Crippen LogP contribution is 2.21. The Morgan fingerprint density at radius 3 is 2.43 bits per heavy atom. The molecule has 0 unspecified atom stereocenters. The van der Waals surface area contributed by atoms with Crippen molar-refractivity contribution in [2.24, 2.45) is 0 Å². The fourth-order valence-electron chi connectivity index (χ4n) is 3.03. The van der Waals surface area contributed by atoms with E-state index in [0.29, 0.717) is 22.5 Å². The summed E-state index contributed by atoms with van der Waals surface area (Å²) in [5, 5.41) is 6.72. The van der Waals surface area contributed by atoms with Gasteiger partial charge < -0.3 is 9.72 Å². The number of carbonyl (C=O) groups is 3. The number of hydrogen-bond donors (Lipinski definition) is 2. The second-order valence-electron chi connectivity index (χ2n) is 6.35. The summed E-state index contributed by atoms with van der Waals surface area (Å²) in [4.78, 5) is 39.2. The smallest absolute Gasteiger partial charge is 0.356 e. The number of aromatic amines is 2. The van der Waals surface area contributed by atoms with Crippen LogP contribution in [0.3, 0.4) is 0 Å². The van der Waals surface area contributed by atoms with E-state index in [1.54, 1.807) is 19.9 Å². The number of nitrogens with zero attached hydrogens (tertiary/aromatic N) is 1. The summed E-state index contributed by atoms with van der Waals surface area (Å²) in [5.74, 6) is -1.22. The number of halogens is 1. The summed E-state index contributed by atoms with van der Waals surface area (Å²) >= 11 is 3.36. The largest absolute Gasteiger partial charge is 0.453 e. The average molecular weight is 444 g/mol. The minimum Gasteiger partial charge on any atom is -0.453 e. The fourth-order valence-corrected chi connectivity index (χ4v) is 3.30. The molecule has 0 aliphatic rings. The first kappa shape index (κ1) is 19.8. The van der Waals surface area contributed by atoms with Crippen LogP contribution in [0.15, 0.2) is 34.8 Å². The van der Waals surface area contributed by atoms with E-state index in [9.17, 15) is 14.4 Å². The summed E-state index contributed by atoms with van der Waals surface area (Å²) in [6.07, 6.45) is 0. The number of rotatable bonds is 6. The first-order valence-corrected chi connectivity index (χ1v) is 9.29. The third-order valence-electron chi connectivity index (χ3n) is 4.34. The molecule has 3 aromatic rings. The molecule has 1 aromatic carbocycles. The van der Waals surface area contributed by atoms with Crippen LogP contribution in [0.5, 0.6) is 0 Å². The topological polar surface area (TPSA) is 105 Å². The van der Waals surface area contributed by atoms with E-state index in [1.807, 2.05) is 24.3 Å². The van der Waals surface area contributed by atoms with Crippen LogP contribution < -0.4 is 0 Å². The zero-order valence-corrected chi connectivity index (χ0v) is 17.1. The average Bonchev–Trinajstić information content (AvgIpc) is 3.25. The van der Waals surface area contributed by atoms with E-state index >= 15 is 0 Å². The van der Waals surface area contributed by atoms with Gasteiger partial charge in [0.2, 0.25) is 5.78 Å². The van der Waals surface area contributed by atoms with Crippen molar-refractivity contribution in [3.05, 3.63) is 63.0 Å². The van der Waals surface area contributed by atoms with Crippen LogP contribution in [0.2, 0.25) is 0 Å². The Morgan fingerprint density at radius 1 is 1.14 bits per heavy atom. The fraction of sp³-hybridized carbons (Fsp3) is 0.200. The van der Waals surface area contributed by atoms with Gasteiger partial charge in [-0.2, -0.15) is 5.10 Å². The van der Waals surface area contributed by atoms with Crippen LogP contribution in [0, 0.1) is 13.8 Å². The second-order valence-corrected chi connectivity index (χ2v) is 7.27. The number of H-pyrrole nitrogens is 2. The van der Waals surface area contributed by atoms with Gasteiger partial charge >= 0.3 is 5.97 Å². The number of ether oxygens (including phenoxy) is 1. The van der Waals surface area contributed by atoms with Gasteiger partial charge in [-0.05, 0) is 44.5 Å². The quantitative estimate of drug-likeness (QED) is 0.441. The third kappa shape index (κ3) is 3.96. The standard InChI is InChI=1S/C20H18BrN3O4/c1-10-18(12(3)25)11(2)22-19(10)17(26)9-28-20(27)16-8-15(23-24-16)13-4-6-14(21)7-5-13/h4-8,22H,9H2,1-3H3,(H,23,24). The van der Waals surface area contributed by atoms with Crippen molar-refractivity contribution in [3.63, 3.8) is 0 Å². The Labute approximate surface area is 169 Å². The summed E-state index contributed by atoms with van der Waals surface area (Å²) in [6, 6.07) is 9.03. The number of aromatic nitrogens is 3. The monoisotopic (exact) mass is 443 g/mol. The van der Waals surface area contributed by atoms with Gasteiger partial charge in [-0.1, -0.05) is 28.1 Å². The number of esters is 1. The van der Waals surface area contributed by atoms with E-state index in [-0.39, 0.29) is 17.2 Å². The number of nitrogens with one attached hydrogen (secondary N) is 2. The molecular weight excluding hydrogens is 426 g/mol. The molecular formula is C20H18BrN3O4. The molecule has 0 aliphatic carbocycles. The maximum absolute atomic E-state index is 12.4. The van der Waals surface area contributed by atoms with Crippen molar-refractivity contribution in [2.75, 3.05) is 6.61 Å². The molecule has 8 heteroatoms. The molecule has 0 amide bonds. The molecule has 0 atom stereocenters. The Kier molecular flexibility index (Phi) is 5.60. The lowest BCUT2D eigenvalue weighted by Crippen LogP contribution is -2.15. The van der Waals surface area contributed by atoms with Crippen LogP contribution in [0.4, 0.5) is 0 Å². The van der Waals surface area contributed by atoms with Crippen LogP contribution in [-0.2, 0) is 4.74 Å². The molecule has 144 valence electrons. The Morgan fingerprint density at radius 2 is 1.82 bits per heavy atom. The zero-order chi connectivity index (χ0) is 20.4. The van der Waals surface area contributed by atoms with Crippen molar-refractivity contribution in [3.8, 4) is 11.3 Å². The summed E-state index contributed by atoms with van der Waals surface area (Å²) < 4.78 is 6.04. The number of aryl methyl sites for hydroxylation is 1. The van der Waals surface area contributed by atoms with Gasteiger partial charge in [0.05, 0.1) is 11.4 Å². The Balaban J connectivity index is 1.68. The van der Waals surface area contributed by atoms with Gasteiger partial charge in [-0.15, -0.1) is 0 Å². The minimum atomic E-state index is -0.683. The molecule has 0 spiro atoms. The van der Waals surface area contributed by atoms with Crippen molar-refractivity contribution in [1.29, 1.82) is 0 Å². The Hall–Kier alpha value is -3.00. The van der Waals surface area contributed by atoms with Crippen molar-refractivity contribution in [1.82, 2.24) is 15.2 Å². The van der Waals surface area contributed by atoms with Crippen LogP contribution in [0.1, 0.15) is 49.5 Å². The SMILES string of the molecule is CC(=O)c1c(C)[nH]c(C(=O)COC(=O)c2cc(-c3ccc(Br)cc3)n[nH]2)c1C. The number of Topliss-reactive ketones (excluding diaryl/α,β-unsaturated/α-hetero) is 2. The number of hydrogen-bond acceptors (Lipinski definition) is 5. The van der Waals surface area contributed by atoms with E-state index in [0.717, 1.165) is 10.0 Å². The first-order chi connectivity index (χ1) is 13.3. The predicted octanol–water partition coefficient (Wildman–Crippen LogP) is 4.03. The molecule has 2 aromatic heterocycles. The van der Waals surface area contributed by atoms with Crippen molar-refractivity contribution >= 4 is 33.5 Å². The van der Waals surface area contributed by atoms with Gasteiger partial charge in [0.1, 0.15) is 5.69 Å². The van der Waals surface area contributed by atoms with Crippen LogP contribution in [-0.4, -0.2) is 39.3 Å². The summed E-state index contributed by atoms with van der Waals surface area (Å²) in [6.45, 7) is 4.41. The third-order valence-corrected chi connectivity index (χ3v) is 4.87. The lowest BCUT2D eigenvalue weighted by Gasteiger charge is -2.03. The van der Waals surface area contributed by atoms with Crippen molar-refractivity contribution in [2.45, 2.75) is 20.8 Å². The van der Waals surface area contributed by atoms with Gasteiger partial charge in [-0.25, -0.2) is 4.79 Å². The lowest BCUT2D eigenvalue weighted by atomic mass is 10.1. The van der Waals surface area contributed by atoms with Crippen LogP contribution >= 0.6 is 15.9 Å². The molecule has 0 saturated heterocycles. The Bertz CT molecular complexity index is 1060. The maximum atomic E-state index is 12.4. The van der Waals surface area contributed by atoms with E-state index in [4.69, 9.17) is 4.74 Å². The zero-order valence-electron chi connectivity index (χ0n) is 15.6. The number of ketones is 2. The predicted molar refractivity (Wildman–Crippen MR) is 107 cm³/mol. The molecule has 0 bridgehead atoms. The molecule has 0 aliphatic heterocycles. The van der Waals surface area contributed by atoms with E-state index in [1.165, 1.54) is 6.92 Å². The summed E-state index contributed by atoms with van der Waals surface area (Å²) in [7, 11) is 0. The maximum Gasteiger partial charge on any atom is 0.356 e. The molecule has 3 rings (SSSR count). The number of carbonyl (C=O) groups excluding carboxylic acids is 3.